The molecule has 1 unspecified atom stereocenters. The molecule has 0 spiro atoms. The Morgan fingerprint density at radius 1 is 1.12 bits per heavy atom. The first-order valence-corrected chi connectivity index (χ1v) is 8.81. The van der Waals surface area contributed by atoms with E-state index in [0.29, 0.717) is 32.0 Å². The lowest BCUT2D eigenvalue weighted by Crippen LogP contribution is -2.35. The van der Waals surface area contributed by atoms with E-state index in [4.69, 9.17) is 14.2 Å². The molecule has 0 aliphatic carbocycles. The van der Waals surface area contributed by atoms with Gasteiger partial charge in [-0.2, -0.15) is 0 Å². The van der Waals surface area contributed by atoms with Gasteiger partial charge in [-0.05, 0) is 37.6 Å². The van der Waals surface area contributed by atoms with E-state index < -0.39 is 0 Å². The average molecular weight is 357 g/mol. The Bertz CT molecular complexity index is 688. The molecule has 0 aliphatic rings. The van der Waals surface area contributed by atoms with Crippen molar-refractivity contribution >= 4 is 5.91 Å². The van der Waals surface area contributed by atoms with Gasteiger partial charge < -0.3 is 19.5 Å². The molecule has 0 saturated heterocycles. The van der Waals surface area contributed by atoms with E-state index in [1.165, 1.54) is 0 Å². The van der Waals surface area contributed by atoms with Crippen molar-refractivity contribution in [2.45, 2.75) is 33.1 Å². The third-order valence-corrected chi connectivity index (χ3v) is 3.79. The summed E-state index contributed by atoms with van der Waals surface area (Å²) in [5.74, 6) is 0.601. The number of carbonyl (C=O) groups is 1. The summed E-state index contributed by atoms with van der Waals surface area (Å²) >= 11 is 0. The fourth-order valence-electron chi connectivity index (χ4n) is 2.58. The molecule has 0 radical (unpaired) electrons. The summed E-state index contributed by atoms with van der Waals surface area (Å²) in [5, 5.41) is 2.91. The van der Waals surface area contributed by atoms with E-state index in [1.54, 1.807) is 13.2 Å². The van der Waals surface area contributed by atoms with Gasteiger partial charge in [0.15, 0.2) is 0 Å². The Morgan fingerprint density at radius 2 is 1.88 bits per heavy atom. The highest BCUT2D eigenvalue weighted by Gasteiger charge is 2.13. The molecule has 1 atom stereocenters. The van der Waals surface area contributed by atoms with Gasteiger partial charge in [0.2, 0.25) is 0 Å². The third-order valence-electron chi connectivity index (χ3n) is 3.79. The largest absolute Gasteiger partial charge is 0.494 e. The minimum Gasteiger partial charge on any atom is -0.494 e. The Balaban J connectivity index is 2.05. The Hall–Kier alpha value is -2.37. The van der Waals surface area contributed by atoms with Crippen molar-refractivity contribution in [1.82, 2.24) is 5.32 Å². The van der Waals surface area contributed by atoms with E-state index in [9.17, 15) is 4.79 Å². The zero-order valence-corrected chi connectivity index (χ0v) is 15.7. The Morgan fingerprint density at radius 3 is 2.58 bits per heavy atom. The van der Waals surface area contributed by atoms with Gasteiger partial charge in [-0.15, -0.1) is 0 Å². The highest BCUT2D eigenvalue weighted by atomic mass is 16.5. The van der Waals surface area contributed by atoms with Gasteiger partial charge in [0, 0.05) is 24.3 Å². The molecule has 5 heteroatoms. The number of ether oxygens (including phenoxy) is 3. The number of hydrogen-bond donors (Lipinski definition) is 1. The van der Waals surface area contributed by atoms with Gasteiger partial charge in [-0.3, -0.25) is 4.79 Å². The summed E-state index contributed by atoms with van der Waals surface area (Å²) in [5.41, 5.74) is 2.54. The molecule has 0 fully saturated rings. The number of hydrogen-bond acceptors (Lipinski definition) is 4. The van der Waals surface area contributed by atoms with Crippen LogP contribution in [0, 0.1) is 0 Å². The molecule has 0 saturated carbocycles. The fraction of sp³-hybridized carbons (Fsp3) is 0.381. The summed E-state index contributed by atoms with van der Waals surface area (Å²) in [4.78, 5) is 12.4. The lowest BCUT2D eigenvalue weighted by atomic mass is 10.1. The number of methoxy groups -OCH3 is 1. The van der Waals surface area contributed by atoms with Crippen LogP contribution in [0.25, 0.3) is 0 Å². The number of carbonyl (C=O) groups excluding carboxylic acids is 1. The monoisotopic (exact) mass is 357 g/mol. The first-order valence-electron chi connectivity index (χ1n) is 8.81. The number of nitrogens with one attached hydrogen (secondary N) is 1. The van der Waals surface area contributed by atoms with E-state index in [-0.39, 0.29) is 11.9 Å². The number of benzene rings is 2. The molecule has 1 amide bonds. The summed E-state index contributed by atoms with van der Waals surface area (Å²) in [6, 6.07) is 15.3. The molecule has 2 aromatic carbocycles. The molecule has 140 valence electrons. The van der Waals surface area contributed by atoms with Crippen LogP contribution in [0.5, 0.6) is 5.75 Å². The van der Waals surface area contributed by atoms with Crippen molar-refractivity contribution in [2.24, 2.45) is 0 Å². The first-order chi connectivity index (χ1) is 12.6. The molecule has 5 nitrogen and oxygen atoms in total. The van der Waals surface area contributed by atoms with Crippen LogP contribution in [0.15, 0.2) is 48.5 Å². The van der Waals surface area contributed by atoms with Crippen LogP contribution in [0.4, 0.5) is 0 Å². The number of amides is 1. The van der Waals surface area contributed by atoms with Crippen molar-refractivity contribution in [3.63, 3.8) is 0 Å². The van der Waals surface area contributed by atoms with Crippen LogP contribution >= 0.6 is 0 Å². The maximum Gasteiger partial charge on any atom is 0.251 e. The minimum atomic E-state index is -0.137. The van der Waals surface area contributed by atoms with Crippen LogP contribution in [-0.4, -0.2) is 32.3 Å². The number of rotatable bonds is 10. The predicted molar refractivity (Wildman–Crippen MR) is 101 cm³/mol. The third kappa shape index (κ3) is 6.17. The van der Waals surface area contributed by atoms with Crippen LogP contribution in [0.2, 0.25) is 0 Å². The molecule has 26 heavy (non-hydrogen) atoms. The normalized spacial score (nSPS) is 11.8. The molecular formula is C21H27NO4. The quantitative estimate of drug-likeness (QED) is 0.706. The van der Waals surface area contributed by atoms with Gasteiger partial charge >= 0.3 is 0 Å². The van der Waals surface area contributed by atoms with Crippen molar-refractivity contribution in [3.05, 3.63) is 65.2 Å². The molecule has 0 heterocycles. The Labute approximate surface area is 155 Å². The van der Waals surface area contributed by atoms with Crippen molar-refractivity contribution < 1.29 is 19.0 Å². The zero-order chi connectivity index (χ0) is 18.8. The maximum absolute atomic E-state index is 12.4. The molecule has 2 rings (SSSR count). The predicted octanol–water partition coefficient (Wildman–Crippen LogP) is 3.57. The second kappa shape index (κ2) is 10.6. The first kappa shape index (κ1) is 19.9. The fourth-order valence-corrected chi connectivity index (χ4v) is 2.58. The van der Waals surface area contributed by atoms with Crippen molar-refractivity contribution in [3.8, 4) is 5.75 Å². The summed E-state index contributed by atoms with van der Waals surface area (Å²) in [7, 11) is 1.61. The van der Waals surface area contributed by atoms with Crippen LogP contribution < -0.4 is 10.1 Å². The highest BCUT2D eigenvalue weighted by Crippen LogP contribution is 2.22. The summed E-state index contributed by atoms with van der Waals surface area (Å²) in [6.45, 7) is 5.74. The molecule has 0 bridgehead atoms. The van der Waals surface area contributed by atoms with E-state index in [2.05, 4.69) is 5.32 Å². The van der Waals surface area contributed by atoms with E-state index in [1.807, 2.05) is 56.3 Å². The highest BCUT2D eigenvalue weighted by molar-refractivity contribution is 5.94. The second-order valence-corrected chi connectivity index (χ2v) is 6.06. The molecule has 1 N–H and O–H groups in total. The molecule has 0 aliphatic heterocycles. The van der Waals surface area contributed by atoms with E-state index in [0.717, 1.165) is 16.9 Å². The van der Waals surface area contributed by atoms with Crippen LogP contribution in [-0.2, 0) is 22.7 Å². The smallest absolute Gasteiger partial charge is 0.251 e. The minimum absolute atomic E-state index is 0.0585. The lowest BCUT2D eigenvalue weighted by molar-refractivity contribution is 0.0903. The molecule has 0 aromatic heterocycles. The molecule has 2 aromatic rings. The SMILES string of the molecule is CCOc1ccc(C(=O)NC(C)COC)cc1COCc1ccccc1. The summed E-state index contributed by atoms with van der Waals surface area (Å²) in [6.07, 6.45) is 0. The topological polar surface area (TPSA) is 56.8 Å². The standard InChI is InChI=1S/C21H27NO4/c1-4-26-20-11-10-18(21(23)22-16(2)13-24-3)12-19(20)15-25-14-17-8-6-5-7-9-17/h5-12,16H,4,13-15H2,1-3H3,(H,22,23). The van der Waals surface area contributed by atoms with Crippen LogP contribution in [0.3, 0.4) is 0 Å². The molecular weight excluding hydrogens is 330 g/mol. The van der Waals surface area contributed by atoms with Gasteiger partial charge in [0.1, 0.15) is 5.75 Å². The van der Waals surface area contributed by atoms with Gasteiger partial charge in [-0.1, -0.05) is 30.3 Å². The van der Waals surface area contributed by atoms with Crippen molar-refractivity contribution in [2.75, 3.05) is 20.3 Å². The lowest BCUT2D eigenvalue weighted by Gasteiger charge is -2.15. The van der Waals surface area contributed by atoms with Crippen molar-refractivity contribution in [1.29, 1.82) is 0 Å². The zero-order valence-electron chi connectivity index (χ0n) is 15.7. The van der Waals surface area contributed by atoms with Gasteiger partial charge in [-0.25, -0.2) is 0 Å². The second-order valence-electron chi connectivity index (χ2n) is 6.06. The summed E-state index contributed by atoms with van der Waals surface area (Å²) < 4.78 is 16.5. The van der Waals surface area contributed by atoms with Gasteiger partial charge in [0.05, 0.1) is 26.4 Å². The van der Waals surface area contributed by atoms with E-state index >= 15 is 0 Å². The van der Waals surface area contributed by atoms with Crippen LogP contribution in [0.1, 0.15) is 35.3 Å². The Kier molecular flexibility index (Phi) is 8.12. The maximum atomic E-state index is 12.4. The average Bonchev–Trinajstić information content (AvgIpc) is 2.64. The van der Waals surface area contributed by atoms with Gasteiger partial charge in [0.25, 0.3) is 5.91 Å².